The average Bonchev–Trinajstić information content (AvgIpc) is 2.52. The van der Waals surface area contributed by atoms with Crippen LogP contribution in [-0.4, -0.2) is 16.7 Å². The first kappa shape index (κ1) is 9.70. The molecule has 0 aromatic carbocycles. The van der Waals surface area contributed by atoms with Crippen LogP contribution < -0.4 is 5.56 Å². The Kier molecular flexibility index (Phi) is 3.95. The van der Waals surface area contributed by atoms with Crippen LogP contribution in [0.15, 0.2) is 21.2 Å². The van der Waals surface area contributed by atoms with E-state index in [1.807, 2.05) is 0 Å². The highest BCUT2D eigenvalue weighted by molar-refractivity contribution is 5.27. The molecule has 0 radical (unpaired) electrons. The number of unbranched alkanes of at least 4 members (excludes halogenated alkanes) is 2. The van der Waals surface area contributed by atoms with E-state index in [0.29, 0.717) is 12.2 Å². The van der Waals surface area contributed by atoms with Gasteiger partial charge in [-0.15, -0.1) is 5.11 Å². The summed E-state index contributed by atoms with van der Waals surface area (Å²) in [6.07, 6.45) is 4.86. The van der Waals surface area contributed by atoms with Crippen LogP contribution in [0.25, 0.3) is 0 Å². The highest BCUT2D eigenvalue weighted by Gasteiger charge is 1.95. The number of hydrogen-bond donors (Lipinski definition) is 2. The largest absolute Gasteiger partial charge is 0.303 e. The third-order valence-electron chi connectivity index (χ3n) is 1.67. The average molecular weight is 182 g/mol. The van der Waals surface area contributed by atoms with Crippen molar-refractivity contribution in [2.75, 3.05) is 6.54 Å². The second-order valence-electron chi connectivity index (χ2n) is 2.80. The third kappa shape index (κ3) is 3.23. The molecule has 0 aliphatic rings. The second kappa shape index (κ2) is 5.29. The van der Waals surface area contributed by atoms with Crippen molar-refractivity contribution in [3.8, 4) is 0 Å². The topological polar surface area (TPSA) is 73.4 Å². The minimum Gasteiger partial charge on any atom is -0.303 e. The maximum Gasteiger partial charge on any atom is 0.291 e. The number of hydrogen-bond acceptors (Lipinski definition) is 3. The van der Waals surface area contributed by atoms with Crippen molar-refractivity contribution in [3.05, 3.63) is 16.6 Å². The molecule has 1 aromatic rings. The molecular weight excluding hydrogens is 168 g/mol. The van der Waals surface area contributed by atoms with Crippen LogP contribution in [0.4, 0.5) is 5.69 Å². The summed E-state index contributed by atoms with van der Waals surface area (Å²) in [5.41, 5.74) is 0.121. The standard InChI is InChI=1S/C8H14N4O/c1-2-3-4-5-9-11-7-6-10-12-8(7)13/h6H,2-5H2,1H3,(H2,10,12,13). The van der Waals surface area contributed by atoms with E-state index in [1.165, 1.54) is 12.6 Å². The van der Waals surface area contributed by atoms with Crippen molar-refractivity contribution in [1.82, 2.24) is 10.2 Å². The van der Waals surface area contributed by atoms with Gasteiger partial charge < -0.3 is 5.10 Å². The lowest BCUT2D eigenvalue weighted by Gasteiger charge is -1.89. The Labute approximate surface area is 76.3 Å². The van der Waals surface area contributed by atoms with Crippen LogP contribution in [0.3, 0.4) is 0 Å². The minimum absolute atomic E-state index is 0.223. The van der Waals surface area contributed by atoms with Crippen LogP contribution in [0.2, 0.25) is 0 Å². The summed E-state index contributed by atoms with van der Waals surface area (Å²) in [4.78, 5) is 10.9. The van der Waals surface area contributed by atoms with E-state index in [4.69, 9.17) is 0 Å². The Bertz CT molecular complexity index is 312. The van der Waals surface area contributed by atoms with Gasteiger partial charge in [0.05, 0.1) is 12.7 Å². The smallest absolute Gasteiger partial charge is 0.291 e. The fourth-order valence-electron chi connectivity index (χ4n) is 0.933. The van der Waals surface area contributed by atoms with Crippen LogP contribution in [-0.2, 0) is 0 Å². The lowest BCUT2D eigenvalue weighted by molar-refractivity contribution is 0.713. The van der Waals surface area contributed by atoms with Gasteiger partial charge in [0, 0.05) is 0 Å². The Morgan fingerprint density at radius 1 is 1.46 bits per heavy atom. The minimum atomic E-state index is -0.223. The number of H-pyrrole nitrogens is 2. The lowest BCUT2D eigenvalue weighted by Crippen LogP contribution is -1.96. The number of nitrogens with one attached hydrogen (secondary N) is 2. The Balaban J connectivity index is 2.33. The van der Waals surface area contributed by atoms with Crippen molar-refractivity contribution in [3.63, 3.8) is 0 Å². The molecule has 72 valence electrons. The first-order valence-electron chi connectivity index (χ1n) is 4.48. The number of aromatic nitrogens is 2. The van der Waals surface area contributed by atoms with Gasteiger partial charge in [-0.2, -0.15) is 5.11 Å². The fraction of sp³-hybridized carbons (Fsp3) is 0.625. The summed E-state index contributed by atoms with van der Waals surface area (Å²) in [5.74, 6) is 0. The van der Waals surface area contributed by atoms with Gasteiger partial charge in [-0.3, -0.25) is 9.89 Å². The van der Waals surface area contributed by atoms with Crippen LogP contribution in [0, 0.1) is 0 Å². The van der Waals surface area contributed by atoms with E-state index in [-0.39, 0.29) is 5.56 Å². The van der Waals surface area contributed by atoms with Gasteiger partial charge in [0.15, 0.2) is 5.69 Å². The van der Waals surface area contributed by atoms with E-state index < -0.39 is 0 Å². The van der Waals surface area contributed by atoms with Crippen molar-refractivity contribution >= 4 is 5.69 Å². The molecule has 0 saturated heterocycles. The zero-order valence-corrected chi connectivity index (χ0v) is 7.71. The van der Waals surface area contributed by atoms with Crippen molar-refractivity contribution in [1.29, 1.82) is 0 Å². The van der Waals surface area contributed by atoms with Gasteiger partial charge in [-0.05, 0) is 6.42 Å². The number of nitrogens with zero attached hydrogens (tertiary/aromatic N) is 2. The molecule has 0 saturated carbocycles. The first-order chi connectivity index (χ1) is 6.34. The molecular formula is C8H14N4O. The molecule has 1 aromatic heterocycles. The van der Waals surface area contributed by atoms with Crippen LogP contribution in [0.5, 0.6) is 0 Å². The molecule has 0 unspecified atom stereocenters. The normalized spacial score (nSPS) is 11.2. The summed E-state index contributed by atoms with van der Waals surface area (Å²) in [6.45, 7) is 2.83. The quantitative estimate of drug-likeness (QED) is 0.530. The molecule has 0 spiro atoms. The summed E-state index contributed by atoms with van der Waals surface area (Å²) in [5, 5.41) is 12.6. The highest BCUT2D eigenvalue weighted by Crippen LogP contribution is 2.02. The second-order valence-corrected chi connectivity index (χ2v) is 2.80. The highest BCUT2D eigenvalue weighted by atomic mass is 16.1. The molecule has 0 aliphatic carbocycles. The van der Waals surface area contributed by atoms with E-state index in [2.05, 4.69) is 27.3 Å². The summed E-state index contributed by atoms with van der Waals surface area (Å²) >= 11 is 0. The predicted octanol–water partition coefficient (Wildman–Crippen LogP) is 1.98. The lowest BCUT2D eigenvalue weighted by atomic mass is 10.3. The van der Waals surface area contributed by atoms with Crippen molar-refractivity contribution < 1.29 is 0 Å². The molecule has 2 N–H and O–H groups in total. The van der Waals surface area contributed by atoms with E-state index in [0.717, 1.165) is 12.8 Å². The Morgan fingerprint density at radius 2 is 2.31 bits per heavy atom. The molecule has 5 nitrogen and oxygen atoms in total. The van der Waals surface area contributed by atoms with Gasteiger partial charge in [-0.1, -0.05) is 19.8 Å². The van der Waals surface area contributed by atoms with Crippen LogP contribution in [0.1, 0.15) is 26.2 Å². The predicted molar refractivity (Wildman–Crippen MR) is 50.3 cm³/mol. The molecule has 0 amide bonds. The molecule has 0 bridgehead atoms. The maximum absolute atomic E-state index is 10.9. The monoisotopic (exact) mass is 182 g/mol. The van der Waals surface area contributed by atoms with Gasteiger partial charge >= 0.3 is 0 Å². The van der Waals surface area contributed by atoms with Gasteiger partial charge in [-0.25, -0.2) is 0 Å². The molecule has 0 atom stereocenters. The van der Waals surface area contributed by atoms with Crippen molar-refractivity contribution in [2.24, 2.45) is 10.2 Å². The van der Waals surface area contributed by atoms with E-state index in [9.17, 15) is 4.79 Å². The molecule has 13 heavy (non-hydrogen) atoms. The molecule has 0 aliphatic heterocycles. The van der Waals surface area contributed by atoms with E-state index >= 15 is 0 Å². The molecule has 1 rings (SSSR count). The number of azo groups is 1. The number of rotatable bonds is 5. The summed E-state index contributed by atoms with van der Waals surface area (Å²) in [6, 6.07) is 0. The first-order valence-corrected chi connectivity index (χ1v) is 4.48. The molecule has 1 heterocycles. The zero-order chi connectivity index (χ0) is 9.52. The SMILES string of the molecule is CCCCCN=Nc1c[nH][nH]c1=O. The van der Waals surface area contributed by atoms with Crippen LogP contribution >= 0.6 is 0 Å². The van der Waals surface area contributed by atoms with Gasteiger partial charge in [0.25, 0.3) is 5.56 Å². The maximum atomic E-state index is 10.9. The third-order valence-corrected chi connectivity index (χ3v) is 1.67. The number of aromatic amines is 2. The van der Waals surface area contributed by atoms with Crippen molar-refractivity contribution in [2.45, 2.75) is 26.2 Å². The van der Waals surface area contributed by atoms with Gasteiger partial charge in [0.2, 0.25) is 0 Å². The molecule has 0 fully saturated rings. The Morgan fingerprint density at radius 3 is 2.92 bits per heavy atom. The summed E-state index contributed by atoms with van der Waals surface area (Å²) in [7, 11) is 0. The zero-order valence-electron chi connectivity index (χ0n) is 7.71. The fourth-order valence-corrected chi connectivity index (χ4v) is 0.933. The van der Waals surface area contributed by atoms with Gasteiger partial charge in [0.1, 0.15) is 0 Å². The summed E-state index contributed by atoms with van der Waals surface area (Å²) < 4.78 is 0. The van der Waals surface area contributed by atoms with E-state index in [1.54, 1.807) is 0 Å². The molecule has 5 heteroatoms. The Hall–Kier alpha value is -1.39.